The zero-order valence-electron chi connectivity index (χ0n) is 9.10. The van der Waals surface area contributed by atoms with Crippen LogP contribution >= 0.6 is 0 Å². The summed E-state index contributed by atoms with van der Waals surface area (Å²) in [6.07, 6.45) is 9.38. The van der Waals surface area contributed by atoms with Crippen molar-refractivity contribution in [2.75, 3.05) is 0 Å². The molecule has 1 heteroatoms. The van der Waals surface area contributed by atoms with Gasteiger partial charge in [0.15, 0.2) is 5.78 Å². The third kappa shape index (κ3) is 1.68. The van der Waals surface area contributed by atoms with Gasteiger partial charge < -0.3 is 0 Å². The van der Waals surface area contributed by atoms with Gasteiger partial charge in [0.2, 0.25) is 0 Å². The Hall–Kier alpha value is -0.850. The number of fused-ring (bicyclic) bond motifs is 1. The highest BCUT2D eigenvalue weighted by Gasteiger charge is 2.32. The molecule has 14 heavy (non-hydrogen) atoms. The second-order valence-corrected chi connectivity index (χ2v) is 4.98. The largest absolute Gasteiger partial charge is 0.295 e. The van der Waals surface area contributed by atoms with Crippen molar-refractivity contribution in [1.29, 1.82) is 0 Å². The summed E-state index contributed by atoms with van der Waals surface area (Å²) in [5.41, 5.74) is 3.08. The first kappa shape index (κ1) is 9.70. The number of hydrogen-bond acceptors (Lipinski definition) is 1. The van der Waals surface area contributed by atoms with Crippen molar-refractivity contribution in [2.24, 2.45) is 5.41 Å². The molecule has 0 amide bonds. The maximum Gasteiger partial charge on any atom is 0.155 e. The lowest BCUT2D eigenvalue weighted by Gasteiger charge is -2.34. The van der Waals surface area contributed by atoms with Crippen LogP contribution in [-0.4, -0.2) is 5.78 Å². The van der Waals surface area contributed by atoms with Crippen LogP contribution in [-0.2, 0) is 4.79 Å². The summed E-state index contributed by atoms with van der Waals surface area (Å²) >= 11 is 0. The maximum atomic E-state index is 11.5. The number of rotatable bonds is 0. The summed E-state index contributed by atoms with van der Waals surface area (Å²) in [4.78, 5) is 11.5. The van der Waals surface area contributed by atoms with Crippen molar-refractivity contribution in [3.8, 4) is 0 Å². The summed E-state index contributed by atoms with van der Waals surface area (Å²) < 4.78 is 0. The van der Waals surface area contributed by atoms with E-state index < -0.39 is 0 Å². The second-order valence-electron chi connectivity index (χ2n) is 4.98. The van der Waals surface area contributed by atoms with Crippen molar-refractivity contribution < 1.29 is 4.79 Å². The molecule has 0 heterocycles. The molecular formula is C13H18O. The highest BCUT2D eigenvalue weighted by atomic mass is 16.1. The lowest BCUT2D eigenvalue weighted by atomic mass is 9.70. The van der Waals surface area contributed by atoms with E-state index in [0.29, 0.717) is 5.78 Å². The van der Waals surface area contributed by atoms with Crippen LogP contribution in [0.3, 0.4) is 0 Å². The van der Waals surface area contributed by atoms with Crippen LogP contribution in [0.25, 0.3) is 0 Å². The van der Waals surface area contributed by atoms with Crippen LogP contribution in [0.1, 0.15) is 46.0 Å². The Morgan fingerprint density at radius 3 is 3.00 bits per heavy atom. The van der Waals surface area contributed by atoms with Crippen molar-refractivity contribution in [2.45, 2.75) is 46.0 Å². The topological polar surface area (TPSA) is 17.1 Å². The molecule has 0 N–H and O–H groups in total. The van der Waals surface area contributed by atoms with E-state index in [9.17, 15) is 4.79 Å². The first-order chi connectivity index (χ1) is 6.60. The van der Waals surface area contributed by atoms with Gasteiger partial charge in [-0.3, -0.25) is 4.79 Å². The van der Waals surface area contributed by atoms with Gasteiger partial charge in [0.05, 0.1) is 0 Å². The van der Waals surface area contributed by atoms with Crippen LogP contribution in [0.4, 0.5) is 0 Å². The predicted molar refractivity (Wildman–Crippen MR) is 58.0 cm³/mol. The average Bonchev–Trinajstić information content (AvgIpc) is 2.25. The van der Waals surface area contributed by atoms with Crippen LogP contribution in [0.5, 0.6) is 0 Å². The highest BCUT2D eigenvalue weighted by molar-refractivity contribution is 5.90. The van der Waals surface area contributed by atoms with Gasteiger partial charge in [0.25, 0.3) is 0 Å². The molecule has 0 bridgehead atoms. The molecule has 0 radical (unpaired) electrons. The average molecular weight is 190 g/mol. The summed E-state index contributed by atoms with van der Waals surface area (Å²) in [7, 11) is 0. The third-order valence-corrected chi connectivity index (χ3v) is 3.63. The molecule has 0 aromatic carbocycles. The Kier molecular flexibility index (Phi) is 2.34. The lowest BCUT2D eigenvalue weighted by molar-refractivity contribution is -0.114. The molecule has 0 spiro atoms. The fourth-order valence-corrected chi connectivity index (χ4v) is 2.52. The first-order valence-electron chi connectivity index (χ1n) is 5.50. The standard InChI is InChI=1S/C13H18O/c1-10-5-7-13(2)6-3-4-12(14)9-11(13)8-10/h5,9H,3-4,6-8H2,1-2H3/t13-/m0/s1. The van der Waals surface area contributed by atoms with E-state index in [0.717, 1.165) is 25.7 Å². The number of carbonyl (C=O) groups is 1. The second kappa shape index (κ2) is 3.38. The minimum absolute atomic E-state index is 0.283. The smallest absolute Gasteiger partial charge is 0.155 e. The Bertz CT molecular complexity index is 322. The fourth-order valence-electron chi connectivity index (χ4n) is 2.52. The lowest BCUT2D eigenvalue weighted by Crippen LogP contribution is -2.21. The molecule has 0 fully saturated rings. The minimum Gasteiger partial charge on any atom is -0.295 e. The Morgan fingerprint density at radius 2 is 2.21 bits per heavy atom. The summed E-state index contributed by atoms with van der Waals surface area (Å²) in [6.45, 7) is 4.47. The highest BCUT2D eigenvalue weighted by Crippen LogP contribution is 2.44. The van der Waals surface area contributed by atoms with Crippen LogP contribution < -0.4 is 0 Å². The van der Waals surface area contributed by atoms with Gasteiger partial charge in [-0.05, 0) is 44.1 Å². The zero-order chi connectivity index (χ0) is 10.2. The van der Waals surface area contributed by atoms with E-state index in [2.05, 4.69) is 19.9 Å². The molecule has 0 saturated carbocycles. The van der Waals surface area contributed by atoms with E-state index in [1.807, 2.05) is 6.08 Å². The maximum absolute atomic E-state index is 11.5. The van der Waals surface area contributed by atoms with Gasteiger partial charge in [-0.15, -0.1) is 0 Å². The van der Waals surface area contributed by atoms with Gasteiger partial charge in [-0.1, -0.05) is 24.1 Å². The van der Waals surface area contributed by atoms with Gasteiger partial charge in [0, 0.05) is 6.42 Å². The van der Waals surface area contributed by atoms with Crippen LogP contribution in [0.2, 0.25) is 0 Å². The predicted octanol–water partition coefficient (Wildman–Crippen LogP) is 3.41. The SMILES string of the molecule is CC1=CC[C@]2(C)CCCC(=O)C=C2C1. The van der Waals surface area contributed by atoms with Gasteiger partial charge >= 0.3 is 0 Å². The third-order valence-electron chi connectivity index (χ3n) is 3.63. The molecule has 0 aromatic rings. The van der Waals surface area contributed by atoms with Crippen molar-refractivity contribution in [1.82, 2.24) is 0 Å². The molecule has 0 aliphatic heterocycles. The summed E-state index contributed by atoms with van der Waals surface area (Å²) in [5, 5.41) is 0. The molecule has 2 aliphatic rings. The van der Waals surface area contributed by atoms with E-state index in [4.69, 9.17) is 0 Å². The molecule has 0 saturated heterocycles. The van der Waals surface area contributed by atoms with Crippen LogP contribution in [0.15, 0.2) is 23.3 Å². The summed E-state index contributed by atoms with van der Waals surface area (Å²) in [6, 6.07) is 0. The number of hydrogen-bond donors (Lipinski definition) is 0. The molecule has 0 aromatic heterocycles. The van der Waals surface area contributed by atoms with Gasteiger partial charge in [-0.2, -0.15) is 0 Å². The first-order valence-corrected chi connectivity index (χ1v) is 5.50. The molecule has 2 aliphatic carbocycles. The van der Waals surface area contributed by atoms with Crippen molar-refractivity contribution >= 4 is 5.78 Å². The quantitative estimate of drug-likeness (QED) is 0.535. The van der Waals surface area contributed by atoms with E-state index in [-0.39, 0.29) is 5.41 Å². The van der Waals surface area contributed by atoms with Crippen LogP contribution in [0, 0.1) is 5.41 Å². The zero-order valence-corrected chi connectivity index (χ0v) is 9.10. The number of allylic oxidation sites excluding steroid dienone is 4. The van der Waals surface area contributed by atoms with E-state index in [1.165, 1.54) is 17.6 Å². The number of ketones is 1. The van der Waals surface area contributed by atoms with Gasteiger partial charge in [-0.25, -0.2) is 0 Å². The number of carbonyl (C=O) groups excluding carboxylic acids is 1. The Labute approximate surface area is 85.9 Å². The summed E-state index contributed by atoms with van der Waals surface area (Å²) in [5.74, 6) is 0.332. The molecule has 0 unspecified atom stereocenters. The van der Waals surface area contributed by atoms with Gasteiger partial charge in [0.1, 0.15) is 0 Å². The minimum atomic E-state index is 0.283. The van der Waals surface area contributed by atoms with Crippen molar-refractivity contribution in [3.63, 3.8) is 0 Å². The molecule has 76 valence electrons. The fraction of sp³-hybridized carbons (Fsp3) is 0.615. The normalized spacial score (nSPS) is 32.9. The Morgan fingerprint density at radius 1 is 1.43 bits per heavy atom. The van der Waals surface area contributed by atoms with Crippen molar-refractivity contribution in [3.05, 3.63) is 23.3 Å². The van der Waals surface area contributed by atoms with E-state index in [1.54, 1.807) is 0 Å². The monoisotopic (exact) mass is 190 g/mol. The molecule has 1 nitrogen and oxygen atoms in total. The van der Waals surface area contributed by atoms with E-state index >= 15 is 0 Å². The molecule has 2 rings (SSSR count). The molecular weight excluding hydrogens is 172 g/mol. The Balaban J connectivity index is 2.36. The molecule has 1 atom stereocenters.